The molecule has 0 atom stereocenters. The summed E-state index contributed by atoms with van der Waals surface area (Å²) >= 11 is 0. The first kappa shape index (κ1) is 14.4. The molecule has 0 spiro atoms. The average Bonchev–Trinajstić information content (AvgIpc) is 2.34. The SMILES string of the molecule is CC/C=C/c1cc(C(F)(F)F)cnc1C(=O)CC. The molecule has 0 aliphatic rings. The van der Waals surface area contributed by atoms with Crippen molar-refractivity contribution in [3.63, 3.8) is 0 Å². The largest absolute Gasteiger partial charge is 0.417 e. The smallest absolute Gasteiger partial charge is 0.292 e. The number of hydrogen-bond donors (Lipinski definition) is 0. The van der Waals surface area contributed by atoms with Crippen molar-refractivity contribution in [2.75, 3.05) is 0 Å². The second-order valence-electron chi connectivity index (χ2n) is 3.75. The number of carbonyl (C=O) groups excluding carboxylic acids is 1. The van der Waals surface area contributed by atoms with Gasteiger partial charge in [0.1, 0.15) is 5.69 Å². The molecule has 0 radical (unpaired) electrons. The molecule has 0 N–H and O–H groups in total. The van der Waals surface area contributed by atoms with Gasteiger partial charge in [-0.1, -0.05) is 26.0 Å². The average molecular weight is 257 g/mol. The number of allylic oxidation sites excluding steroid dienone is 1. The zero-order chi connectivity index (χ0) is 13.8. The molecular weight excluding hydrogens is 243 g/mol. The zero-order valence-electron chi connectivity index (χ0n) is 10.2. The second-order valence-corrected chi connectivity index (χ2v) is 3.75. The molecule has 0 aromatic carbocycles. The molecule has 0 aliphatic carbocycles. The fourth-order valence-corrected chi connectivity index (χ4v) is 1.41. The van der Waals surface area contributed by atoms with Crippen LogP contribution in [0.4, 0.5) is 13.2 Å². The molecule has 0 bridgehead atoms. The van der Waals surface area contributed by atoms with Crippen molar-refractivity contribution in [2.45, 2.75) is 32.9 Å². The number of nitrogens with zero attached hydrogens (tertiary/aromatic N) is 1. The second kappa shape index (κ2) is 5.80. The Morgan fingerprint density at radius 3 is 2.56 bits per heavy atom. The van der Waals surface area contributed by atoms with Crippen molar-refractivity contribution < 1.29 is 18.0 Å². The number of aromatic nitrogens is 1. The number of alkyl halides is 3. The molecular formula is C13H14F3NO. The van der Waals surface area contributed by atoms with Crippen LogP contribution in [0, 0.1) is 0 Å². The van der Waals surface area contributed by atoms with E-state index in [4.69, 9.17) is 0 Å². The number of Topliss-reactive ketones (excluding diaryl/α,β-unsaturated/α-hetero) is 1. The maximum absolute atomic E-state index is 12.6. The molecule has 98 valence electrons. The molecule has 18 heavy (non-hydrogen) atoms. The van der Waals surface area contributed by atoms with Gasteiger partial charge < -0.3 is 0 Å². The fourth-order valence-electron chi connectivity index (χ4n) is 1.41. The van der Waals surface area contributed by atoms with Crippen LogP contribution < -0.4 is 0 Å². The lowest BCUT2D eigenvalue weighted by Crippen LogP contribution is -2.10. The molecule has 0 aliphatic heterocycles. The summed E-state index contributed by atoms with van der Waals surface area (Å²) in [6.45, 7) is 3.51. The molecule has 2 nitrogen and oxygen atoms in total. The summed E-state index contributed by atoms with van der Waals surface area (Å²) in [5, 5.41) is 0. The lowest BCUT2D eigenvalue weighted by Gasteiger charge is -2.09. The molecule has 5 heteroatoms. The van der Waals surface area contributed by atoms with Gasteiger partial charge >= 0.3 is 6.18 Å². The summed E-state index contributed by atoms with van der Waals surface area (Å²) in [5.41, 5.74) is -0.528. The highest BCUT2D eigenvalue weighted by molar-refractivity contribution is 5.97. The predicted octanol–water partition coefficient (Wildman–Crippen LogP) is 4.12. The van der Waals surface area contributed by atoms with Gasteiger partial charge in [0, 0.05) is 18.2 Å². The third-order valence-corrected chi connectivity index (χ3v) is 2.36. The van der Waals surface area contributed by atoms with Gasteiger partial charge in [-0.25, -0.2) is 0 Å². The van der Waals surface area contributed by atoms with Crippen LogP contribution in [0.1, 0.15) is 48.3 Å². The maximum atomic E-state index is 12.6. The third kappa shape index (κ3) is 3.42. The summed E-state index contributed by atoms with van der Waals surface area (Å²) in [7, 11) is 0. The highest BCUT2D eigenvalue weighted by atomic mass is 19.4. The van der Waals surface area contributed by atoms with Crippen LogP contribution >= 0.6 is 0 Å². The Kier molecular flexibility index (Phi) is 4.64. The number of rotatable bonds is 4. The van der Waals surface area contributed by atoms with Crippen LogP contribution in [0.5, 0.6) is 0 Å². The summed E-state index contributed by atoms with van der Waals surface area (Å²) < 4.78 is 37.7. The Morgan fingerprint density at radius 1 is 1.39 bits per heavy atom. The number of carbonyl (C=O) groups is 1. The van der Waals surface area contributed by atoms with Crippen LogP contribution in [-0.2, 0) is 6.18 Å². The highest BCUT2D eigenvalue weighted by Crippen LogP contribution is 2.30. The van der Waals surface area contributed by atoms with E-state index in [1.54, 1.807) is 13.0 Å². The van der Waals surface area contributed by atoms with Crippen LogP contribution in [0.25, 0.3) is 6.08 Å². The molecule has 0 saturated carbocycles. The minimum absolute atomic E-state index is 0.0928. The standard InChI is InChI=1S/C13H14F3NO/c1-3-5-6-9-7-10(13(14,15)16)8-17-12(9)11(18)4-2/h5-8H,3-4H2,1-2H3/b6-5+. The van der Waals surface area contributed by atoms with Crippen molar-refractivity contribution in [1.82, 2.24) is 4.98 Å². The monoisotopic (exact) mass is 257 g/mol. The van der Waals surface area contributed by atoms with Gasteiger partial charge in [-0.2, -0.15) is 13.2 Å². The number of ketones is 1. The molecule has 1 aromatic rings. The summed E-state index contributed by atoms with van der Waals surface area (Å²) in [4.78, 5) is 15.2. The van der Waals surface area contributed by atoms with Crippen molar-refractivity contribution in [1.29, 1.82) is 0 Å². The zero-order valence-corrected chi connectivity index (χ0v) is 10.2. The van der Waals surface area contributed by atoms with Gasteiger partial charge in [0.15, 0.2) is 5.78 Å². The van der Waals surface area contributed by atoms with Crippen LogP contribution in [0.3, 0.4) is 0 Å². The molecule has 1 heterocycles. The van der Waals surface area contributed by atoms with E-state index in [1.165, 1.54) is 6.08 Å². The Balaban J connectivity index is 3.29. The first-order chi connectivity index (χ1) is 8.40. The molecule has 0 unspecified atom stereocenters. The minimum Gasteiger partial charge on any atom is -0.292 e. The third-order valence-electron chi connectivity index (χ3n) is 2.36. The number of pyridine rings is 1. The van der Waals surface area contributed by atoms with Gasteiger partial charge in [-0.05, 0) is 12.5 Å². The highest BCUT2D eigenvalue weighted by Gasteiger charge is 2.31. The number of halogens is 3. The summed E-state index contributed by atoms with van der Waals surface area (Å²) in [6, 6.07) is 0.960. The fraction of sp³-hybridized carbons (Fsp3) is 0.385. The molecule has 1 aromatic heterocycles. The van der Waals surface area contributed by atoms with E-state index in [1.807, 2.05) is 6.92 Å². The maximum Gasteiger partial charge on any atom is 0.417 e. The Labute approximate surface area is 104 Å². The van der Waals surface area contributed by atoms with Gasteiger partial charge in [-0.15, -0.1) is 0 Å². The van der Waals surface area contributed by atoms with Gasteiger partial charge in [0.25, 0.3) is 0 Å². The predicted molar refractivity (Wildman–Crippen MR) is 63.2 cm³/mol. The van der Waals surface area contributed by atoms with Gasteiger partial charge in [0.2, 0.25) is 0 Å². The molecule has 0 saturated heterocycles. The van der Waals surface area contributed by atoms with E-state index in [0.29, 0.717) is 12.6 Å². The summed E-state index contributed by atoms with van der Waals surface area (Å²) in [6.07, 6.45) is 0.345. The van der Waals surface area contributed by atoms with E-state index in [0.717, 1.165) is 6.07 Å². The Morgan fingerprint density at radius 2 is 2.06 bits per heavy atom. The molecule has 0 amide bonds. The van der Waals surface area contributed by atoms with Crippen LogP contribution in [-0.4, -0.2) is 10.8 Å². The lowest BCUT2D eigenvalue weighted by atomic mass is 10.1. The molecule has 1 rings (SSSR count). The van der Waals surface area contributed by atoms with Crippen LogP contribution in [0.15, 0.2) is 18.3 Å². The van der Waals surface area contributed by atoms with Crippen molar-refractivity contribution in [3.05, 3.63) is 35.2 Å². The van der Waals surface area contributed by atoms with Gasteiger partial charge in [-0.3, -0.25) is 9.78 Å². The quantitative estimate of drug-likeness (QED) is 0.759. The molecule has 0 fully saturated rings. The van der Waals surface area contributed by atoms with Crippen molar-refractivity contribution >= 4 is 11.9 Å². The van der Waals surface area contributed by atoms with Crippen LogP contribution in [0.2, 0.25) is 0 Å². The lowest BCUT2D eigenvalue weighted by molar-refractivity contribution is -0.137. The topological polar surface area (TPSA) is 30.0 Å². The van der Waals surface area contributed by atoms with E-state index in [2.05, 4.69) is 4.98 Å². The van der Waals surface area contributed by atoms with E-state index in [9.17, 15) is 18.0 Å². The van der Waals surface area contributed by atoms with Crippen molar-refractivity contribution in [3.8, 4) is 0 Å². The Bertz CT molecular complexity index is 464. The normalized spacial score (nSPS) is 12.1. The van der Waals surface area contributed by atoms with E-state index in [-0.39, 0.29) is 23.5 Å². The van der Waals surface area contributed by atoms with Crippen molar-refractivity contribution in [2.24, 2.45) is 0 Å². The van der Waals surface area contributed by atoms with E-state index >= 15 is 0 Å². The number of hydrogen-bond acceptors (Lipinski definition) is 2. The summed E-state index contributed by atoms with van der Waals surface area (Å²) in [5.74, 6) is -0.264. The van der Waals surface area contributed by atoms with E-state index < -0.39 is 11.7 Å². The first-order valence-electron chi connectivity index (χ1n) is 5.67. The van der Waals surface area contributed by atoms with Gasteiger partial charge in [0.05, 0.1) is 5.56 Å². The minimum atomic E-state index is -4.45. The first-order valence-corrected chi connectivity index (χ1v) is 5.67. The Hall–Kier alpha value is -1.65.